The zero-order valence-corrected chi connectivity index (χ0v) is 12.6. The maximum absolute atomic E-state index is 11.8. The highest BCUT2D eigenvalue weighted by molar-refractivity contribution is 7.13. The van der Waals surface area contributed by atoms with Crippen molar-refractivity contribution in [1.29, 1.82) is 0 Å². The van der Waals surface area contributed by atoms with E-state index in [2.05, 4.69) is 29.5 Å². The lowest BCUT2D eigenvalue weighted by molar-refractivity contribution is -0.117. The van der Waals surface area contributed by atoms with Crippen molar-refractivity contribution in [2.75, 3.05) is 11.9 Å². The third-order valence-corrected chi connectivity index (χ3v) is 3.19. The summed E-state index contributed by atoms with van der Waals surface area (Å²) in [6, 6.07) is 0.222. The van der Waals surface area contributed by atoms with Crippen LogP contribution in [0.2, 0.25) is 0 Å². The largest absolute Gasteiger partial charge is 0.309 e. The van der Waals surface area contributed by atoms with Crippen LogP contribution in [0.1, 0.15) is 52.8 Å². The molecule has 18 heavy (non-hydrogen) atoms. The minimum Gasteiger partial charge on any atom is -0.309 e. The molecular weight excluding hydrogens is 246 g/mol. The summed E-state index contributed by atoms with van der Waals surface area (Å²) in [5, 5.41) is 8.83. The first-order valence-electron chi connectivity index (χ1n) is 6.30. The maximum atomic E-state index is 11.8. The summed E-state index contributed by atoms with van der Waals surface area (Å²) in [5.74, 6) is 0.0273. The summed E-state index contributed by atoms with van der Waals surface area (Å²) in [5.41, 5.74) is 0.981. The Morgan fingerprint density at radius 1 is 1.50 bits per heavy atom. The number of carbonyl (C=O) groups excluding carboxylic acids is 1. The lowest BCUT2D eigenvalue weighted by Gasteiger charge is -2.16. The molecule has 1 aromatic heterocycles. The smallest absolute Gasteiger partial charge is 0.226 e. The Balaban J connectivity index is 2.56. The molecule has 0 aromatic carbocycles. The van der Waals surface area contributed by atoms with Crippen LogP contribution in [0.5, 0.6) is 0 Å². The first-order valence-corrected chi connectivity index (χ1v) is 7.18. The second-order valence-electron chi connectivity index (χ2n) is 5.64. The van der Waals surface area contributed by atoms with Crippen molar-refractivity contribution in [2.45, 2.75) is 47.1 Å². The van der Waals surface area contributed by atoms with Crippen molar-refractivity contribution in [2.24, 2.45) is 5.41 Å². The zero-order valence-electron chi connectivity index (χ0n) is 11.8. The number of thiazole rings is 1. The second-order valence-corrected chi connectivity index (χ2v) is 6.50. The van der Waals surface area contributed by atoms with Gasteiger partial charge in [0.05, 0.1) is 5.69 Å². The van der Waals surface area contributed by atoms with Crippen LogP contribution in [0.4, 0.5) is 5.13 Å². The van der Waals surface area contributed by atoms with Crippen molar-refractivity contribution in [3.05, 3.63) is 11.1 Å². The number of nitrogens with zero attached hydrogens (tertiary/aromatic N) is 1. The van der Waals surface area contributed by atoms with Gasteiger partial charge in [0.15, 0.2) is 5.13 Å². The van der Waals surface area contributed by atoms with Crippen LogP contribution in [0, 0.1) is 5.41 Å². The Bertz CT molecular complexity index is 395. The lowest BCUT2D eigenvalue weighted by Crippen LogP contribution is -2.20. The van der Waals surface area contributed by atoms with E-state index >= 15 is 0 Å². The van der Waals surface area contributed by atoms with Gasteiger partial charge in [-0.3, -0.25) is 4.79 Å². The molecule has 1 atom stereocenters. The molecule has 0 aliphatic rings. The van der Waals surface area contributed by atoms with Gasteiger partial charge in [-0.1, -0.05) is 27.7 Å². The molecule has 0 saturated carbocycles. The number of hydrogen-bond acceptors (Lipinski definition) is 4. The van der Waals surface area contributed by atoms with Gasteiger partial charge in [0.25, 0.3) is 0 Å². The summed E-state index contributed by atoms with van der Waals surface area (Å²) >= 11 is 1.48. The van der Waals surface area contributed by atoms with Gasteiger partial charge >= 0.3 is 0 Å². The molecule has 1 amide bonds. The summed E-state index contributed by atoms with van der Waals surface area (Å²) in [7, 11) is 0. The minimum absolute atomic E-state index is 0.00122. The van der Waals surface area contributed by atoms with E-state index < -0.39 is 0 Å². The Morgan fingerprint density at radius 2 is 2.17 bits per heavy atom. The molecule has 0 bridgehead atoms. The van der Waals surface area contributed by atoms with Gasteiger partial charge in [0.2, 0.25) is 5.91 Å². The first kappa shape index (κ1) is 15.1. The molecule has 102 valence electrons. The van der Waals surface area contributed by atoms with E-state index in [1.807, 2.05) is 26.2 Å². The molecule has 0 saturated heterocycles. The highest BCUT2D eigenvalue weighted by Gasteiger charge is 2.17. The average Bonchev–Trinajstić information content (AvgIpc) is 2.63. The predicted molar refractivity (Wildman–Crippen MR) is 76.9 cm³/mol. The number of hydrogen-bond donors (Lipinski definition) is 2. The molecule has 2 N–H and O–H groups in total. The fourth-order valence-corrected chi connectivity index (χ4v) is 2.42. The van der Waals surface area contributed by atoms with Gasteiger partial charge in [-0.15, -0.1) is 11.3 Å². The van der Waals surface area contributed by atoms with Crippen LogP contribution in [-0.2, 0) is 4.79 Å². The van der Waals surface area contributed by atoms with Crippen LogP contribution >= 0.6 is 11.3 Å². The average molecular weight is 269 g/mol. The number of carbonyl (C=O) groups is 1. The van der Waals surface area contributed by atoms with Crippen molar-refractivity contribution < 1.29 is 4.79 Å². The highest BCUT2D eigenvalue weighted by Crippen LogP contribution is 2.23. The van der Waals surface area contributed by atoms with Gasteiger partial charge in [0.1, 0.15) is 0 Å². The van der Waals surface area contributed by atoms with Gasteiger partial charge in [0, 0.05) is 17.8 Å². The van der Waals surface area contributed by atoms with Gasteiger partial charge in [-0.25, -0.2) is 4.98 Å². The molecule has 1 unspecified atom stereocenters. The van der Waals surface area contributed by atoms with E-state index in [0.717, 1.165) is 12.2 Å². The van der Waals surface area contributed by atoms with E-state index in [1.54, 1.807) is 0 Å². The number of aromatic nitrogens is 1. The van der Waals surface area contributed by atoms with Gasteiger partial charge in [-0.2, -0.15) is 0 Å². The molecule has 0 aliphatic heterocycles. The molecule has 5 heteroatoms. The topological polar surface area (TPSA) is 54.0 Å². The van der Waals surface area contributed by atoms with E-state index in [9.17, 15) is 4.79 Å². The highest BCUT2D eigenvalue weighted by atomic mass is 32.1. The molecule has 0 radical (unpaired) electrons. The number of anilines is 1. The maximum Gasteiger partial charge on any atom is 0.226 e. The first-order chi connectivity index (χ1) is 8.31. The summed E-state index contributed by atoms with van der Waals surface area (Å²) < 4.78 is 0. The van der Waals surface area contributed by atoms with Crippen LogP contribution < -0.4 is 10.6 Å². The van der Waals surface area contributed by atoms with E-state index in [0.29, 0.717) is 11.6 Å². The monoisotopic (exact) mass is 269 g/mol. The minimum atomic E-state index is 0.00122. The Hall–Kier alpha value is -0.940. The van der Waals surface area contributed by atoms with Crippen LogP contribution in [-0.4, -0.2) is 17.4 Å². The van der Waals surface area contributed by atoms with Gasteiger partial charge < -0.3 is 10.6 Å². The molecule has 4 nitrogen and oxygen atoms in total. The molecule has 0 spiro atoms. The summed E-state index contributed by atoms with van der Waals surface area (Å²) in [6.45, 7) is 11.2. The Labute approximate surface area is 113 Å². The zero-order chi connectivity index (χ0) is 13.8. The molecule has 0 aliphatic carbocycles. The van der Waals surface area contributed by atoms with Crippen molar-refractivity contribution in [3.63, 3.8) is 0 Å². The summed E-state index contributed by atoms with van der Waals surface area (Å²) in [6.07, 6.45) is 0.505. The number of rotatable bonds is 5. The fourth-order valence-electron chi connectivity index (χ4n) is 1.60. The van der Waals surface area contributed by atoms with Crippen molar-refractivity contribution in [1.82, 2.24) is 10.3 Å². The number of nitrogens with one attached hydrogen (secondary N) is 2. The van der Waals surface area contributed by atoms with E-state index in [1.165, 1.54) is 11.3 Å². The molecule has 1 heterocycles. The SMILES string of the molecule is CCNC(C)c1csc(NC(=O)CC(C)(C)C)n1. The Kier molecular flexibility index (Phi) is 5.28. The Morgan fingerprint density at radius 3 is 2.72 bits per heavy atom. The van der Waals surface area contributed by atoms with Crippen LogP contribution in [0.3, 0.4) is 0 Å². The molecule has 1 rings (SSSR count). The summed E-state index contributed by atoms with van der Waals surface area (Å²) in [4.78, 5) is 16.2. The predicted octanol–water partition coefficient (Wildman–Crippen LogP) is 3.19. The standard InChI is InChI=1S/C13H23N3OS/c1-6-14-9(2)10-8-18-12(15-10)16-11(17)7-13(3,4)5/h8-9,14H,6-7H2,1-5H3,(H,15,16,17). The van der Waals surface area contributed by atoms with Gasteiger partial charge in [-0.05, 0) is 18.9 Å². The molecule has 0 fully saturated rings. The van der Waals surface area contributed by atoms with Crippen molar-refractivity contribution >= 4 is 22.4 Å². The van der Waals surface area contributed by atoms with Crippen LogP contribution in [0.25, 0.3) is 0 Å². The third-order valence-electron chi connectivity index (χ3n) is 2.41. The van der Waals surface area contributed by atoms with Crippen molar-refractivity contribution in [3.8, 4) is 0 Å². The van der Waals surface area contributed by atoms with E-state index in [-0.39, 0.29) is 17.4 Å². The second kappa shape index (κ2) is 6.29. The molecule has 1 aromatic rings. The lowest BCUT2D eigenvalue weighted by atomic mass is 9.92. The normalized spacial score (nSPS) is 13.4. The van der Waals surface area contributed by atoms with E-state index in [4.69, 9.17) is 0 Å². The fraction of sp³-hybridized carbons (Fsp3) is 0.692. The molecular formula is C13H23N3OS. The quantitative estimate of drug-likeness (QED) is 0.863. The number of amides is 1. The van der Waals surface area contributed by atoms with Crippen LogP contribution in [0.15, 0.2) is 5.38 Å². The third kappa shape index (κ3) is 5.14.